The standard InChI is InChI=1S/C25H18N4O2S/c1-2-21-28-22-15-7-3-5-9-19(15)31-23(22)24(29-21)26-14-11-12-18(30)16(13-14)25-27-17-8-4-6-10-20(17)32-25/h3-13,30H,2H2,1H3,(H,26,28,29). The Hall–Kier alpha value is -3.97. The van der Waals surface area contributed by atoms with Gasteiger partial charge in [0, 0.05) is 17.5 Å². The van der Waals surface area contributed by atoms with Crippen LogP contribution in [0.25, 0.3) is 42.9 Å². The van der Waals surface area contributed by atoms with Crippen molar-refractivity contribution in [1.82, 2.24) is 15.0 Å². The second-order valence-electron chi connectivity index (χ2n) is 7.46. The molecular weight excluding hydrogens is 420 g/mol. The lowest BCUT2D eigenvalue weighted by Crippen LogP contribution is -2.00. The Morgan fingerprint density at radius 1 is 0.969 bits per heavy atom. The van der Waals surface area contributed by atoms with Crippen LogP contribution in [0.4, 0.5) is 11.5 Å². The molecule has 3 heterocycles. The fraction of sp³-hybridized carbons (Fsp3) is 0.0800. The summed E-state index contributed by atoms with van der Waals surface area (Å²) in [5.41, 5.74) is 4.53. The maximum absolute atomic E-state index is 10.5. The number of furan rings is 1. The molecule has 3 aromatic carbocycles. The molecule has 3 aromatic heterocycles. The topological polar surface area (TPSA) is 84.1 Å². The zero-order valence-electron chi connectivity index (χ0n) is 17.2. The Labute approximate surface area is 187 Å². The van der Waals surface area contributed by atoms with Crippen molar-refractivity contribution in [3.63, 3.8) is 0 Å². The van der Waals surface area contributed by atoms with E-state index in [2.05, 4.69) is 15.3 Å². The molecule has 0 saturated carbocycles. The molecule has 0 atom stereocenters. The number of rotatable bonds is 4. The van der Waals surface area contributed by atoms with Crippen LogP contribution in [0.2, 0.25) is 0 Å². The Bertz CT molecular complexity index is 1590. The van der Waals surface area contributed by atoms with Crippen LogP contribution in [-0.2, 0) is 6.42 Å². The molecule has 2 N–H and O–H groups in total. The fourth-order valence-corrected chi connectivity index (χ4v) is 4.78. The van der Waals surface area contributed by atoms with Gasteiger partial charge < -0.3 is 14.8 Å². The Balaban J connectivity index is 1.47. The average Bonchev–Trinajstić information content (AvgIpc) is 3.42. The number of aromatic hydroxyl groups is 1. The number of phenolic OH excluding ortho intramolecular Hbond substituents is 1. The zero-order valence-corrected chi connectivity index (χ0v) is 18.0. The highest BCUT2D eigenvalue weighted by Gasteiger charge is 2.17. The van der Waals surface area contributed by atoms with Gasteiger partial charge in [-0.1, -0.05) is 31.2 Å². The number of phenols is 1. The molecular formula is C25H18N4O2S. The highest BCUT2D eigenvalue weighted by atomic mass is 32.1. The molecule has 0 amide bonds. The number of para-hydroxylation sites is 2. The van der Waals surface area contributed by atoms with E-state index in [4.69, 9.17) is 9.40 Å². The summed E-state index contributed by atoms with van der Waals surface area (Å²) in [6, 6.07) is 21.2. The van der Waals surface area contributed by atoms with E-state index in [1.165, 1.54) is 0 Å². The first-order valence-corrected chi connectivity index (χ1v) is 11.2. The highest BCUT2D eigenvalue weighted by molar-refractivity contribution is 7.21. The number of benzene rings is 3. The number of aryl methyl sites for hydroxylation is 1. The largest absolute Gasteiger partial charge is 0.507 e. The molecule has 0 unspecified atom stereocenters. The molecule has 6 aromatic rings. The van der Waals surface area contributed by atoms with Crippen LogP contribution >= 0.6 is 11.3 Å². The first-order chi connectivity index (χ1) is 15.7. The molecule has 156 valence electrons. The fourth-order valence-electron chi connectivity index (χ4n) is 3.79. The highest BCUT2D eigenvalue weighted by Crippen LogP contribution is 2.38. The van der Waals surface area contributed by atoms with Gasteiger partial charge in [-0.05, 0) is 42.5 Å². The molecule has 6 nitrogen and oxygen atoms in total. The van der Waals surface area contributed by atoms with Crippen molar-refractivity contribution in [2.75, 3.05) is 5.32 Å². The summed E-state index contributed by atoms with van der Waals surface area (Å²) in [7, 11) is 0. The zero-order chi connectivity index (χ0) is 21.7. The monoisotopic (exact) mass is 438 g/mol. The summed E-state index contributed by atoms with van der Waals surface area (Å²) in [6.07, 6.45) is 0.705. The Morgan fingerprint density at radius 2 is 1.81 bits per heavy atom. The van der Waals surface area contributed by atoms with Crippen molar-refractivity contribution in [3.8, 4) is 16.3 Å². The van der Waals surface area contributed by atoms with Crippen LogP contribution in [0.5, 0.6) is 5.75 Å². The van der Waals surface area contributed by atoms with Gasteiger partial charge in [-0.2, -0.15) is 0 Å². The van der Waals surface area contributed by atoms with Gasteiger partial charge in [0.05, 0.1) is 15.8 Å². The first kappa shape index (κ1) is 18.8. The number of hydrogen-bond donors (Lipinski definition) is 2. The van der Waals surface area contributed by atoms with E-state index in [0.717, 1.165) is 43.2 Å². The lowest BCUT2D eigenvalue weighted by Gasteiger charge is -2.09. The minimum absolute atomic E-state index is 0.181. The van der Waals surface area contributed by atoms with Gasteiger partial charge in [0.25, 0.3) is 0 Å². The molecule has 0 spiro atoms. The second-order valence-corrected chi connectivity index (χ2v) is 8.49. The minimum atomic E-state index is 0.181. The van der Waals surface area contributed by atoms with E-state index in [1.54, 1.807) is 17.4 Å². The number of fused-ring (bicyclic) bond motifs is 4. The number of anilines is 2. The molecule has 6 rings (SSSR count). The van der Waals surface area contributed by atoms with E-state index in [1.807, 2.05) is 67.6 Å². The molecule has 32 heavy (non-hydrogen) atoms. The van der Waals surface area contributed by atoms with Crippen LogP contribution < -0.4 is 5.32 Å². The van der Waals surface area contributed by atoms with Gasteiger partial charge in [-0.25, -0.2) is 15.0 Å². The van der Waals surface area contributed by atoms with Crippen LogP contribution in [-0.4, -0.2) is 20.1 Å². The maximum Gasteiger partial charge on any atom is 0.196 e. The number of nitrogens with one attached hydrogen (secondary N) is 1. The van der Waals surface area contributed by atoms with Crippen LogP contribution in [0, 0.1) is 0 Å². The number of thiazole rings is 1. The summed E-state index contributed by atoms with van der Waals surface area (Å²) in [6.45, 7) is 2.03. The van der Waals surface area contributed by atoms with E-state index < -0.39 is 0 Å². The van der Waals surface area contributed by atoms with E-state index in [0.29, 0.717) is 23.4 Å². The predicted octanol–water partition coefficient (Wildman–Crippen LogP) is 6.66. The van der Waals surface area contributed by atoms with Crippen molar-refractivity contribution in [2.45, 2.75) is 13.3 Å². The minimum Gasteiger partial charge on any atom is -0.507 e. The summed E-state index contributed by atoms with van der Waals surface area (Å²) in [5.74, 6) is 1.51. The van der Waals surface area contributed by atoms with Crippen molar-refractivity contribution in [2.24, 2.45) is 0 Å². The smallest absolute Gasteiger partial charge is 0.196 e. The van der Waals surface area contributed by atoms with E-state index in [-0.39, 0.29) is 5.75 Å². The molecule has 0 bridgehead atoms. The number of hydrogen-bond acceptors (Lipinski definition) is 7. The van der Waals surface area contributed by atoms with Crippen LogP contribution in [0.1, 0.15) is 12.7 Å². The lowest BCUT2D eigenvalue weighted by atomic mass is 10.2. The van der Waals surface area contributed by atoms with Gasteiger partial charge in [0.1, 0.15) is 27.7 Å². The van der Waals surface area contributed by atoms with Crippen molar-refractivity contribution in [1.29, 1.82) is 0 Å². The third-order valence-electron chi connectivity index (χ3n) is 5.37. The third kappa shape index (κ3) is 3.06. The van der Waals surface area contributed by atoms with E-state index in [9.17, 15) is 5.11 Å². The molecule has 0 radical (unpaired) electrons. The Morgan fingerprint density at radius 3 is 2.69 bits per heavy atom. The average molecular weight is 439 g/mol. The van der Waals surface area contributed by atoms with Crippen LogP contribution in [0.15, 0.2) is 71.1 Å². The second kappa shape index (κ2) is 7.32. The maximum atomic E-state index is 10.5. The predicted molar refractivity (Wildman–Crippen MR) is 129 cm³/mol. The van der Waals surface area contributed by atoms with Gasteiger partial charge in [0.2, 0.25) is 0 Å². The SMILES string of the molecule is CCc1nc(Nc2ccc(O)c(-c3nc4ccccc4s3)c2)c2oc3ccccc3c2n1. The van der Waals surface area contributed by atoms with Crippen molar-refractivity contribution < 1.29 is 9.52 Å². The lowest BCUT2D eigenvalue weighted by molar-refractivity contribution is 0.477. The first-order valence-electron chi connectivity index (χ1n) is 10.3. The molecule has 0 saturated heterocycles. The molecule has 0 fully saturated rings. The number of nitrogens with zero attached hydrogens (tertiary/aromatic N) is 3. The van der Waals surface area contributed by atoms with Gasteiger partial charge in [-0.15, -0.1) is 11.3 Å². The molecule has 0 aliphatic heterocycles. The third-order valence-corrected chi connectivity index (χ3v) is 6.44. The van der Waals surface area contributed by atoms with Gasteiger partial charge in [-0.3, -0.25) is 0 Å². The van der Waals surface area contributed by atoms with Gasteiger partial charge >= 0.3 is 0 Å². The van der Waals surface area contributed by atoms with Gasteiger partial charge in [0.15, 0.2) is 11.4 Å². The summed E-state index contributed by atoms with van der Waals surface area (Å²) < 4.78 is 7.16. The van der Waals surface area contributed by atoms with Crippen molar-refractivity contribution >= 4 is 55.1 Å². The van der Waals surface area contributed by atoms with E-state index >= 15 is 0 Å². The molecule has 7 heteroatoms. The molecule has 0 aliphatic rings. The molecule has 0 aliphatic carbocycles. The normalized spacial score (nSPS) is 11.5. The van der Waals surface area contributed by atoms with Crippen LogP contribution in [0.3, 0.4) is 0 Å². The quantitative estimate of drug-likeness (QED) is 0.299. The Kier molecular flexibility index (Phi) is 4.29. The summed E-state index contributed by atoms with van der Waals surface area (Å²) in [4.78, 5) is 14.1. The number of aromatic nitrogens is 3. The van der Waals surface area contributed by atoms with Crippen molar-refractivity contribution in [3.05, 3.63) is 72.6 Å². The summed E-state index contributed by atoms with van der Waals surface area (Å²) in [5, 5.41) is 15.6. The summed E-state index contributed by atoms with van der Waals surface area (Å²) >= 11 is 1.55.